The van der Waals surface area contributed by atoms with Gasteiger partial charge in [0.15, 0.2) is 11.6 Å². The van der Waals surface area contributed by atoms with Gasteiger partial charge in [0.05, 0.1) is 19.8 Å². The number of halogens is 3. The average Bonchev–Trinajstić information content (AvgIpc) is 3.08. The van der Waals surface area contributed by atoms with Gasteiger partial charge in [0, 0.05) is 62.3 Å². The van der Waals surface area contributed by atoms with E-state index in [4.69, 9.17) is 14.2 Å². The Labute approximate surface area is 282 Å². The number of carboxylic acid groups (broad SMARTS) is 1. The second-order valence-electron chi connectivity index (χ2n) is 11.6. The van der Waals surface area contributed by atoms with Crippen molar-refractivity contribution in [1.82, 2.24) is 19.8 Å². The van der Waals surface area contributed by atoms with E-state index < -0.39 is 35.2 Å². The molecule has 0 radical (unpaired) electrons. The number of benzene rings is 3. The van der Waals surface area contributed by atoms with E-state index in [1.165, 1.54) is 56.8 Å². The fourth-order valence-corrected chi connectivity index (χ4v) is 5.75. The Balaban J connectivity index is 1.38. The summed E-state index contributed by atoms with van der Waals surface area (Å²) < 4.78 is 62.3. The summed E-state index contributed by atoms with van der Waals surface area (Å²) in [7, 11) is 2.75. The fourth-order valence-electron chi connectivity index (χ4n) is 5.75. The summed E-state index contributed by atoms with van der Waals surface area (Å²) in [6.07, 6.45) is -0.302. The minimum absolute atomic E-state index is 0.0834. The third kappa shape index (κ3) is 8.32. The number of rotatable bonds is 13. The normalized spacial score (nSPS) is 14.4. The molecule has 5 rings (SSSR count). The van der Waals surface area contributed by atoms with E-state index in [1.54, 1.807) is 12.1 Å². The molecule has 260 valence electrons. The van der Waals surface area contributed by atoms with E-state index in [-0.39, 0.29) is 34.5 Å². The number of hydrogen-bond donors (Lipinski definition) is 2. The van der Waals surface area contributed by atoms with Gasteiger partial charge in [0.25, 0.3) is 0 Å². The molecule has 1 amide bonds. The zero-order valence-corrected chi connectivity index (χ0v) is 27.7. The molecule has 1 aliphatic heterocycles. The maximum Gasteiger partial charge on any atom is 0.413 e. The van der Waals surface area contributed by atoms with E-state index in [9.17, 15) is 9.90 Å². The molecule has 0 aliphatic carbocycles. The summed E-state index contributed by atoms with van der Waals surface area (Å²) in [5.41, 5.74) is -0.197. The number of hydrogen-bond acceptors (Lipinski definition) is 9. The first kappa shape index (κ1) is 35.2. The molecule has 3 aromatic carbocycles. The summed E-state index contributed by atoms with van der Waals surface area (Å²) in [6, 6.07) is 12.2. The Bertz CT molecular complexity index is 1730. The summed E-state index contributed by atoms with van der Waals surface area (Å²) in [4.78, 5) is 26.8. The first-order valence-electron chi connectivity index (χ1n) is 15.8. The molecule has 1 fully saturated rings. The van der Waals surface area contributed by atoms with Crippen molar-refractivity contribution in [2.24, 2.45) is 0 Å². The van der Waals surface area contributed by atoms with Crippen LogP contribution in [0.3, 0.4) is 0 Å². The monoisotopic (exact) mass is 680 g/mol. The molecule has 2 N–H and O–H groups in total. The number of methoxy groups -OCH3 is 2. The second kappa shape index (κ2) is 15.9. The van der Waals surface area contributed by atoms with E-state index in [0.717, 1.165) is 38.3 Å². The fraction of sp³-hybridized carbons (Fsp3) is 0.343. The van der Waals surface area contributed by atoms with Gasteiger partial charge in [-0.25, -0.2) is 27.8 Å². The molecule has 1 aromatic heterocycles. The van der Waals surface area contributed by atoms with E-state index >= 15 is 13.2 Å². The molecule has 1 atom stereocenters. The van der Waals surface area contributed by atoms with Crippen molar-refractivity contribution in [3.05, 3.63) is 95.4 Å². The minimum Gasteiger partial charge on any atom is -0.497 e. The van der Waals surface area contributed by atoms with Crippen LogP contribution in [0.25, 0.3) is 0 Å². The molecule has 2 heterocycles. The van der Waals surface area contributed by atoms with Crippen molar-refractivity contribution in [2.45, 2.75) is 25.9 Å². The van der Waals surface area contributed by atoms with Crippen molar-refractivity contribution in [3.63, 3.8) is 0 Å². The van der Waals surface area contributed by atoms with Crippen LogP contribution in [0, 0.1) is 17.5 Å². The number of piperazine rings is 1. The SMILES string of the molecule is COc1ccc(OC)c(C(c2c(F)cccc2F)N(C(=O)O)c2ccnc(Nc3ccc(OCCN4CCN(C(C)C)CC4)c(F)c3)n2)c1. The van der Waals surface area contributed by atoms with E-state index in [2.05, 4.69) is 38.9 Å². The predicted molar refractivity (Wildman–Crippen MR) is 179 cm³/mol. The molecule has 1 unspecified atom stereocenters. The summed E-state index contributed by atoms with van der Waals surface area (Å²) in [6.45, 7) is 9.17. The summed E-state index contributed by atoms with van der Waals surface area (Å²) in [5.74, 6) is -2.37. The first-order chi connectivity index (χ1) is 23.6. The maximum absolute atomic E-state index is 15.4. The largest absolute Gasteiger partial charge is 0.497 e. The van der Waals surface area contributed by atoms with Gasteiger partial charge >= 0.3 is 6.09 Å². The Morgan fingerprint density at radius 3 is 2.29 bits per heavy atom. The zero-order valence-electron chi connectivity index (χ0n) is 27.7. The smallest absolute Gasteiger partial charge is 0.413 e. The third-order valence-corrected chi connectivity index (χ3v) is 8.35. The van der Waals surface area contributed by atoms with Crippen LogP contribution in [-0.2, 0) is 0 Å². The maximum atomic E-state index is 15.4. The van der Waals surface area contributed by atoms with E-state index in [1.807, 2.05) is 0 Å². The zero-order chi connectivity index (χ0) is 35.1. The topological polar surface area (TPSA) is 113 Å². The molecular weight excluding hydrogens is 641 g/mol. The minimum atomic E-state index is -1.61. The van der Waals surface area contributed by atoms with Crippen LogP contribution in [0.15, 0.2) is 66.9 Å². The Hall–Kier alpha value is -5.08. The van der Waals surface area contributed by atoms with Crippen LogP contribution < -0.4 is 24.4 Å². The van der Waals surface area contributed by atoms with Gasteiger partial charge in [0.1, 0.15) is 41.6 Å². The van der Waals surface area contributed by atoms with Crippen LogP contribution in [0.5, 0.6) is 17.2 Å². The average molecular weight is 681 g/mol. The molecule has 11 nitrogen and oxygen atoms in total. The lowest BCUT2D eigenvalue weighted by atomic mass is 9.95. The van der Waals surface area contributed by atoms with Crippen molar-refractivity contribution in [1.29, 1.82) is 0 Å². The lowest BCUT2D eigenvalue weighted by Gasteiger charge is -2.36. The molecule has 0 spiro atoms. The van der Waals surface area contributed by atoms with Gasteiger partial charge in [0.2, 0.25) is 5.95 Å². The molecule has 14 heteroatoms. The Morgan fingerprint density at radius 1 is 0.939 bits per heavy atom. The number of nitrogens with one attached hydrogen (secondary N) is 1. The quantitative estimate of drug-likeness (QED) is 0.166. The summed E-state index contributed by atoms with van der Waals surface area (Å²) in [5, 5.41) is 13.4. The highest BCUT2D eigenvalue weighted by atomic mass is 19.1. The lowest BCUT2D eigenvalue weighted by molar-refractivity contribution is 0.0965. The van der Waals surface area contributed by atoms with Crippen LogP contribution >= 0.6 is 0 Å². The highest BCUT2D eigenvalue weighted by Gasteiger charge is 2.36. The molecular formula is C35H39F3N6O5. The molecule has 0 bridgehead atoms. The van der Waals surface area contributed by atoms with Gasteiger partial charge in [-0.15, -0.1) is 0 Å². The second-order valence-corrected chi connectivity index (χ2v) is 11.6. The van der Waals surface area contributed by atoms with Crippen LogP contribution in [-0.4, -0.2) is 90.6 Å². The molecule has 1 saturated heterocycles. The highest BCUT2D eigenvalue weighted by Crippen LogP contribution is 2.41. The molecule has 49 heavy (non-hydrogen) atoms. The predicted octanol–water partition coefficient (Wildman–Crippen LogP) is 6.33. The third-order valence-electron chi connectivity index (χ3n) is 8.35. The van der Waals surface area contributed by atoms with Crippen LogP contribution in [0.1, 0.15) is 31.0 Å². The Kier molecular flexibility index (Phi) is 11.4. The van der Waals surface area contributed by atoms with Gasteiger partial charge in [-0.05, 0) is 62.4 Å². The van der Waals surface area contributed by atoms with Crippen molar-refractivity contribution in [2.75, 3.05) is 63.8 Å². The van der Waals surface area contributed by atoms with Crippen LogP contribution in [0.4, 0.5) is 35.4 Å². The number of nitrogens with zero attached hydrogens (tertiary/aromatic N) is 5. The van der Waals surface area contributed by atoms with E-state index in [0.29, 0.717) is 29.8 Å². The summed E-state index contributed by atoms with van der Waals surface area (Å²) >= 11 is 0. The number of anilines is 3. The number of amides is 1. The van der Waals surface area contributed by atoms with Crippen molar-refractivity contribution >= 4 is 23.5 Å². The van der Waals surface area contributed by atoms with Gasteiger partial charge in [-0.1, -0.05) is 6.07 Å². The van der Waals surface area contributed by atoms with Crippen molar-refractivity contribution < 1.29 is 37.3 Å². The standard InChI is InChI=1S/C35H39F3N6O5/c1-22(2)43-16-14-42(15-17-43)18-19-49-30-10-8-23(20-28(30)38)40-34-39-13-12-31(41-34)44(35(45)46)33(32-26(36)6-5-7-27(32)37)25-21-24(47-3)9-11-29(25)48-4/h5-13,20-22,33H,14-19H2,1-4H3,(H,45,46)(H,39,40,41). The lowest BCUT2D eigenvalue weighted by Crippen LogP contribution is -2.49. The first-order valence-corrected chi connectivity index (χ1v) is 15.8. The number of ether oxygens (including phenoxy) is 3. The molecule has 1 aliphatic rings. The number of carbonyl (C=O) groups is 1. The van der Waals surface area contributed by atoms with Gasteiger partial charge in [-0.2, -0.15) is 4.98 Å². The molecule has 4 aromatic rings. The van der Waals surface area contributed by atoms with Gasteiger partial charge in [-0.3, -0.25) is 9.80 Å². The van der Waals surface area contributed by atoms with Gasteiger partial charge < -0.3 is 24.6 Å². The highest BCUT2D eigenvalue weighted by molar-refractivity contribution is 5.87. The number of aromatic nitrogens is 2. The van der Waals surface area contributed by atoms with Crippen LogP contribution in [0.2, 0.25) is 0 Å². The van der Waals surface area contributed by atoms with Crippen molar-refractivity contribution in [3.8, 4) is 17.2 Å². The Morgan fingerprint density at radius 2 is 1.65 bits per heavy atom. The molecule has 0 saturated carbocycles.